The van der Waals surface area contributed by atoms with Crippen LogP contribution in [0.2, 0.25) is 0 Å². The molecule has 4 nitrogen and oxygen atoms in total. The number of carbonyl (C=O) groups excluding carboxylic acids is 1. The van der Waals surface area contributed by atoms with Gasteiger partial charge in [0, 0.05) is 0 Å². The number of amides is 1. The lowest BCUT2D eigenvalue weighted by Gasteiger charge is -2.27. The van der Waals surface area contributed by atoms with E-state index in [1.165, 1.54) is 0 Å². The van der Waals surface area contributed by atoms with E-state index in [9.17, 15) is 4.79 Å². The van der Waals surface area contributed by atoms with Gasteiger partial charge in [0.15, 0.2) is 5.60 Å². The van der Waals surface area contributed by atoms with Crippen LogP contribution in [0.25, 0.3) is 0 Å². The Kier molecular flexibility index (Phi) is 3.13. The molecule has 0 aliphatic carbocycles. The monoisotopic (exact) mass is 198 g/mol. The molecule has 1 amide bonds. The molecule has 0 spiro atoms. The van der Waals surface area contributed by atoms with Crippen LogP contribution in [0.1, 0.15) is 40.0 Å². The van der Waals surface area contributed by atoms with Gasteiger partial charge in [0.25, 0.3) is 11.9 Å². The summed E-state index contributed by atoms with van der Waals surface area (Å²) in [7, 11) is 0. The van der Waals surface area contributed by atoms with Crippen molar-refractivity contribution in [2.45, 2.75) is 45.6 Å². The first-order valence-electron chi connectivity index (χ1n) is 5.11. The molecule has 0 saturated carbocycles. The summed E-state index contributed by atoms with van der Waals surface area (Å²) in [5, 5.41) is 0. The summed E-state index contributed by atoms with van der Waals surface area (Å²) in [5.41, 5.74) is 4.62. The van der Waals surface area contributed by atoms with Crippen LogP contribution in [0.3, 0.4) is 0 Å². The number of hydrogen-bond donors (Lipinski definition) is 1. The number of carbonyl (C=O) groups is 1. The fourth-order valence-electron chi connectivity index (χ4n) is 1.67. The quantitative estimate of drug-likeness (QED) is 0.743. The summed E-state index contributed by atoms with van der Waals surface area (Å²) in [5.74, 6) is 0.220. The highest BCUT2D eigenvalue weighted by molar-refractivity contribution is 6.00. The Morgan fingerprint density at radius 1 is 1.57 bits per heavy atom. The lowest BCUT2D eigenvalue weighted by Crippen LogP contribution is -2.39. The largest absolute Gasteiger partial charge is 0.448 e. The minimum atomic E-state index is -0.778. The normalized spacial score (nSPS) is 28.5. The van der Waals surface area contributed by atoms with Crippen LogP contribution in [0.15, 0.2) is 4.99 Å². The van der Waals surface area contributed by atoms with Gasteiger partial charge in [-0.2, -0.15) is 4.99 Å². The molecule has 0 aromatic heterocycles. The second-order valence-corrected chi connectivity index (χ2v) is 3.92. The molecule has 0 aromatic carbocycles. The van der Waals surface area contributed by atoms with Crippen molar-refractivity contribution in [3.05, 3.63) is 0 Å². The van der Waals surface area contributed by atoms with Crippen molar-refractivity contribution in [2.24, 2.45) is 16.6 Å². The zero-order valence-corrected chi connectivity index (χ0v) is 9.04. The summed E-state index contributed by atoms with van der Waals surface area (Å²) in [4.78, 5) is 15.2. The van der Waals surface area contributed by atoms with E-state index in [-0.39, 0.29) is 11.9 Å². The molecule has 2 atom stereocenters. The minimum absolute atomic E-state index is 0.0140. The van der Waals surface area contributed by atoms with Crippen molar-refractivity contribution < 1.29 is 9.53 Å². The first kappa shape index (κ1) is 11.0. The predicted molar refractivity (Wildman–Crippen MR) is 54.8 cm³/mol. The molecular weight excluding hydrogens is 180 g/mol. The smallest absolute Gasteiger partial charge is 0.294 e. The Balaban J connectivity index is 2.75. The zero-order chi connectivity index (χ0) is 10.8. The topological polar surface area (TPSA) is 64.7 Å². The van der Waals surface area contributed by atoms with Crippen molar-refractivity contribution in [1.29, 1.82) is 0 Å². The predicted octanol–water partition coefficient (Wildman–Crippen LogP) is 1.44. The number of nitrogens with two attached hydrogens (primary N) is 1. The number of ether oxygens (including phenoxy) is 1. The Morgan fingerprint density at radius 2 is 2.21 bits per heavy atom. The number of nitrogens with zero attached hydrogens (tertiary/aromatic N) is 1. The Morgan fingerprint density at radius 3 is 2.57 bits per heavy atom. The summed E-state index contributed by atoms with van der Waals surface area (Å²) < 4.78 is 5.36. The molecule has 2 N–H and O–H groups in total. The van der Waals surface area contributed by atoms with Crippen molar-refractivity contribution in [2.75, 3.05) is 0 Å². The van der Waals surface area contributed by atoms with Crippen molar-refractivity contribution in [3.63, 3.8) is 0 Å². The van der Waals surface area contributed by atoms with E-state index in [2.05, 4.69) is 18.8 Å². The van der Waals surface area contributed by atoms with Gasteiger partial charge in [0.05, 0.1) is 0 Å². The van der Waals surface area contributed by atoms with Crippen LogP contribution in [0.4, 0.5) is 0 Å². The Hall–Kier alpha value is -1.06. The highest BCUT2D eigenvalue weighted by Gasteiger charge is 2.44. The molecule has 1 rings (SSSR count). The highest BCUT2D eigenvalue weighted by atomic mass is 16.5. The minimum Gasteiger partial charge on any atom is -0.448 e. The molecule has 1 aliphatic rings. The van der Waals surface area contributed by atoms with Crippen LogP contribution in [0.5, 0.6) is 0 Å². The van der Waals surface area contributed by atoms with Crippen molar-refractivity contribution in [1.82, 2.24) is 0 Å². The van der Waals surface area contributed by atoms with Crippen molar-refractivity contribution >= 4 is 11.9 Å². The molecule has 0 saturated heterocycles. The SMILES string of the molecule is CCC(C)CC1(CC)OC(N)=NC1=O. The molecule has 2 unspecified atom stereocenters. The second kappa shape index (κ2) is 3.98. The molecule has 0 bridgehead atoms. The Bertz CT molecular complexity index is 263. The third kappa shape index (κ3) is 1.89. The molecule has 80 valence electrons. The molecule has 14 heavy (non-hydrogen) atoms. The van der Waals surface area contributed by atoms with E-state index in [0.29, 0.717) is 18.8 Å². The van der Waals surface area contributed by atoms with Gasteiger partial charge in [-0.1, -0.05) is 27.2 Å². The van der Waals surface area contributed by atoms with Gasteiger partial charge >= 0.3 is 0 Å². The first-order valence-corrected chi connectivity index (χ1v) is 5.11. The third-order valence-electron chi connectivity index (χ3n) is 2.85. The van der Waals surface area contributed by atoms with Gasteiger partial charge in [-0.05, 0) is 18.8 Å². The van der Waals surface area contributed by atoms with Gasteiger partial charge in [-0.15, -0.1) is 0 Å². The van der Waals surface area contributed by atoms with Gasteiger partial charge in [0.2, 0.25) is 0 Å². The van der Waals surface area contributed by atoms with Crippen molar-refractivity contribution in [3.8, 4) is 0 Å². The first-order chi connectivity index (χ1) is 6.54. The number of amidine groups is 1. The summed E-state index contributed by atoms with van der Waals surface area (Å²) in [6.45, 7) is 6.12. The van der Waals surface area contributed by atoms with Gasteiger partial charge in [0.1, 0.15) is 0 Å². The van der Waals surface area contributed by atoms with Gasteiger partial charge in [-0.3, -0.25) is 4.79 Å². The fourth-order valence-corrected chi connectivity index (χ4v) is 1.67. The average Bonchev–Trinajstić information content (AvgIpc) is 2.42. The van der Waals surface area contributed by atoms with E-state index in [0.717, 1.165) is 6.42 Å². The van der Waals surface area contributed by atoms with Crippen LogP contribution in [-0.4, -0.2) is 17.5 Å². The lowest BCUT2D eigenvalue weighted by molar-refractivity contribution is -0.132. The molecule has 0 aromatic rings. The number of hydrogen-bond acceptors (Lipinski definition) is 3. The van der Waals surface area contributed by atoms with Crippen LogP contribution < -0.4 is 5.73 Å². The van der Waals surface area contributed by atoms with Gasteiger partial charge in [-0.25, -0.2) is 0 Å². The third-order valence-corrected chi connectivity index (χ3v) is 2.85. The molecule has 0 radical (unpaired) electrons. The van der Waals surface area contributed by atoms with Gasteiger partial charge < -0.3 is 10.5 Å². The molecule has 1 heterocycles. The highest BCUT2D eigenvalue weighted by Crippen LogP contribution is 2.31. The van der Waals surface area contributed by atoms with Crippen LogP contribution in [-0.2, 0) is 9.53 Å². The number of aliphatic imine (C=N–C) groups is 1. The fraction of sp³-hybridized carbons (Fsp3) is 0.800. The maximum absolute atomic E-state index is 11.6. The maximum Gasteiger partial charge on any atom is 0.294 e. The van der Waals surface area contributed by atoms with E-state index >= 15 is 0 Å². The summed E-state index contributed by atoms with van der Waals surface area (Å²) in [6.07, 6.45) is 2.35. The number of rotatable bonds is 4. The summed E-state index contributed by atoms with van der Waals surface area (Å²) >= 11 is 0. The molecule has 1 aliphatic heterocycles. The summed E-state index contributed by atoms with van der Waals surface area (Å²) in [6, 6.07) is 0.0140. The Labute approximate surface area is 84.5 Å². The van der Waals surface area contributed by atoms with E-state index in [1.807, 2.05) is 6.92 Å². The zero-order valence-electron chi connectivity index (χ0n) is 9.04. The maximum atomic E-state index is 11.6. The second-order valence-electron chi connectivity index (χ2n) is 3.92. The van der Waals surface area contributed by atoms with Crippen LogP contribution in [0, 0.1) is 5.92 Å². The van der Waals surface area contributed by atoms with E-state index in [1.54, 1.807) is 0 Å². The van der Waals surface area contributed by atoms with Crippen LogP contribution >= 0.6 is 0 Å². The molecule has 0 fully saturated rings. The molecule has 4 heteroatoms. The standard InChI is InChI=1S/C10H18N2O2/c1-4-7(3)6-10(5-2)8(13)12-9(11)14-10/h7H,4-6H2,1-3H3,(H2,11,12,13). The average molecular weight is 198 g/mol. The molecular formula is C10H18N2O2. The van der Waals surface area contributed by atoms with E-state index < -0.39 is 5.60 Å². The van der Waals surface area contributed by atoms with E-state index in [4.69, 9.17) is 10.5 Å². The lowest BCUT2D eigenvalue weighted by atomic mass is 9.87.